The summed E-state index contributed by atoms with van der Waals surface area (Å²) in [7, 11) is 0. The van der Waals surface area contributed by atoms with E-state index in [-0.39, 0.29) is 5.76 Å². The Labute approximate surface area is 108 Å². The van der Waals surface area contributed by atoms with E-state index in [0.29, 0.717) is 0 Å². The summed E-state index contributed by atoms with van der Waals surface area (Å²) in [6, 6.07) is 1.66. The Morgan fingerprint density at radius 2 is 2.39 bits per heavy atom. The highest BCUT2D eigenvalue weighted by molar-refractivity contribution is 5.84. The van der Waals surface area contributed by atoms with Gasteiger partial charge in [-0.1, -0.05) is 13.3 Å². The fraction of sp³-hybridized carbons (Fsp3) is 0.643. The molecule has 0 bridgehead atoms. The van der Waals surface area contributed by atoms with E-state index >= 15 is 0 Å². The van der Waals surface area contributed by atoms with Crippen LogP contribution in [0.1, 0.15) is 48.1 Å². The second-order valence-electron chi connectivity index (χ2n) is 5.15. The lowest BCUT2D eigenvalue weighted by molar-refractivity contribution is 0.0661. The van der Waals surface area contributed by atoms with Crippen molar-refractivity contribution in [2.75, 3.05) is 13.1 Å². The number of nitrogens with zero attached hydrogens (tertiary/aromatic N) is 1. The number of rotatable bonds is 4. The molecule has 18 heavy (non-hydrogen) atoms. The maximum atomic E-state index is 10.8. The maximum Gasteiger partial charge on any atom is 0.371 e. The molecule has 4 nitrogen and oxygen atoms in total. The fourth-order valence-corrected chi connectivity index (χ4v) is 2.65. The molecular weight excluding hydrogens is 230 g/mol. The molecule has 0 amide bonds. The predicted molar refractivity (Wildman–Crippen MR) is 68.7 cm³/mol. The monoisotopic (exact) mass is 251 g/mol. The maximum absolute atomic E-state index is 10.8. The van der Waals surface area contributed by atoms with E-state index in [2.05, 4.69) is 11.8 Å². The quantitative estimate of drug-likeness (QED) is 0.894. The lowest BCUT2D eigenvalue weighted by atomic mass is 9.95. The van der Waals surface area contributed by atoms with Crippen LogP contribution in [-0.2, 0) is 6.54 Å². The molecule has 2 rings (SSSR count). The van der Waals surface area contributed by atoms with Crippen molar-refractivity contribution in [2.24, 2.45) is 5.92 Å². The van der Waals surface area contributed by atoms with Gasteiger partial charge < -0.3 is 9.52 Å². The van der Waals surface area contributed by atoms with Gasteiger partial charge in [0.15, 0.2) is 0 Å². The first kappa shape index (κ1) is 13.1. The summed E-state index contributed by atoms with van der Waals surface area (Å²) in [5.41, 5.74) is 1.00. The van der Waals surface area contributed by atoms with Crippen LogP contribution in [0.25, 0.3) is 0 Å². The van der Waals surface area contributed by atoms with E-state index in [1.54, 1.807) is 6.07 Å². The van der Waals surface area contributed by atoms with Crippen LogP contribution in [0.3, 0.4) is 0 Å². The van der Waals surface area contributed by atoms with Gasteiger partial charge in [-0.2, -0.15) is 0 Å². The fourth-order valence-electron chi connectivity index (χ4n) is 2.65. The van der Waals surface area contributed by atoms with Crippen molar-refractivity contribution >= 4 is 5.97 Å². The van der Waals surface area contributed by atoms with Crippen molar-refractivity contribution in [1.29, 1.82) is 0 Å². The molecule has 1 saturated heterocycles. The average molecular weight is 251 g/mol. The van der Waals surface area contributed by atoms with Gasteiger partial charge in [0.25, 0.3) is 0 Å². The van der Waals surface area contributed by atoms with Crippen molar-refractivity contribution in [3.63, 3.8) is 0 Å². The molecule has 0 aliphatic carbocycles. The summed E-state index contributed by atoms with van der Waals surface area (Å²) < 4.78 is 5.24. The number of carboxylic acids is 1. The summed E-state index contributed by atoms with van der Waals surface area (Å²) in [6.45, 7) is 7.09. The Bertz CT molecular complexity index is 425. The van der Waals surface area contributed by atoms with Crippen molar-refractivity contribution < 1.29 is 14.3 Å². The average Bonchev–Trinajstić information content (AvgIpc) is 2.71. The molecule has 1 aliphatic rings. The van der Waals surface area contributed by atoms with Crippen LogP contribution in [0, 0.1) is 12.8 Å². The van der Waals surface area contributed by atoms with E-state index < -0.39 is 5.97 Å². The second kappa shape index (κ2) is 5.57. The third-order valence-corrected chi connectivity index (χ3v) is 3.81. The van der Waals surface area contributed by atoms with Crippen molar-refractivity contribution in [1.82, 2.24) is 4.90 Å². The lowest BCUT2D eigenvalue weighted by Gasteiger charge is -2.32. The van der Waals surface area contributed by atoms with Crippen molar-refractivity contribution in [3.05, 3.63) is 23.2 Å². The van der Waals surface area contributed by atoms with Crippen LogP contribution >= 0.6 is 0 Å². The zero-order valence-electron chi connectivity index (χ0n) is 11.1. The van der Waals surface area contributed by atoms with Gasteiger partial charge in [-0.25, -0.2) is 4.79 Å². The van der Waals surface area contributed by atoms with Crippen molar-refractivity contribution in [2.45, 2.75) is 39.7 Å². The first-order valence-corrected chi connectivity index (χ1v) is 6.65. The minimum Gasteiger partial charge on any atom is -0.475 e. The zero-order chi connectivity index (χ0) is 13.1. The third kappa shape index (κ3) is 2.93. The Hall–Kier alpha value is -1.29. The van der Waals surface area contributed by atoms with E-state index in [9.17, 15) is 4.79 Å². The zero-order valence-corrected chi connectivity index (χ0v) is 11.1. The topological polar surface area (TPSA) is 53.7 Å². The van der Waals surface area contributed by atoms with Crippen LogP contribution in [0.5, 0.6) is 0 Å². The molecule has 1 aliphatic heterocycles. The first-order valence-electron chi connectivity index (χ1n) is 6.65. The highest BCUT2D eigenvalue weighted by Crippen LogP contribution is 2.23. The summed E-state index contributed by atoms with van der Waals surface area (Å²) in [5, 5.41) is 8.90. The molecule has 2 heterocycles. The van der Waals surface area contributed by atoms with Crippen molar-refractivity contribution in [3.8, 4) is 0 Å². The lowest BCUT2D eigenvalue weighted by Crippen LogP contribution is -2.34. The van der Waals surface area contributed by atoms with Crippen LogP contribution < -0.4 is 0 Å². The molecule has 0 saturated carbocycles. The summed E-state index contributed by atoms with van der Waals surface area (Å²) in [5.74, 6) is 0.567. The number of hydrogen-bond acceptors (Lipinski definition) is 3. The third-order valence-electron chi connectivity index (χ3n) is 3.81. The van der Waals surface area contributed by atoms with Crippen LogP contribution in [0.2, 0.25) is 0 Å². The molecule has 0 radical (unpaired) electrons. The van der Waals surface area contributed by atoms with Gasteiger partial charge in [-0.3, -0.25) is 4.90 Å². The van der Waals surface area contributed by atoms with Gasteiger partial charge >= 0.3 is 5.97 Å². The number of carbonyl (C=O) groups is 1. The second-order valence-corrected chi connectivity index (χ2v) is 5.15. The number of aryl methyl sites for hydroxylation is 1. The van der Waals surface area contributed by atoms with Gasteiger partial charge in [0, 0.05) is 18.7 Å². The molecular formula is C14H21NO3. The van der Waals surface area contributed by atoms with Gasteiger partial charge in [-0.15, -0.1) is 0 Å². The number of furan rings is 1. The highest BCUT2D eigenvalue weighted by Gasteiger charge is 2.21. The number of piperidine rings is 1. The van der Waals surface area contributed by atoms with Gasteiger partial charge in [-0.05, 0) is 38.3 Å². The largest absolute Gasteiger partial charge is 0.475 e. The van der Waals surface area contributed by atoms with Crippen LogP contribution in [0.15, 0.2) is 10.5 Å². The molecule has 0 aromatic carbocycles. The standard InChI is InChI=1S/C14H21NO3/c1-3-11-5-4-6-15(8-11)9-12-7-13(14(16)17)18-10(12)2/h7,11H,3-6,8-9H2,1-2H3,(H,16,17). The van der Waals surface area contributed by atoms with E-state index in [1.807, 2.05) is 6.92 Å². The number of hydrogen-bond donors (Lipinski definition) is 1. The molecule has 1 aromatic rings. The molecule has 1 N–H and O–H groups in total. The van der Waals surface area contributed by atoms with E-state index in [1.165, 1.54) is 19.3 Å². The Morgan fingerprint density at radius 1 is 1.61 bits per heavy atom. The molecule has 1 aromatic heterocycles. The summed E-state index contributed by atoms with van der Waals surface area (Å²) >= 11 is 0. The van der Waals surface area contributed by atoms with Crippen LogP contribution in [0.4, 0.5) is 0 Å². The molecule has 1 atom stereocenters. The normalized spacial score (nSPS) is 21.1. The summed E-state index contributed by atoms with van der Waals surface area (Å²) in [4.78, 5) is 13.3. The molecule has 1 unspecified atom stereocenters. The molecule has 1 fully saturated rings. The summed E-state index contributed by atoms with van der Waals surface area (Å²) in [6.07, 6.45) is 3.78. The Morgan fingerprint density at radius 3 is 3.00 bits per heavy atom. The Balaban J connectivity index is 2.02. The SMILES string of the molecule is CCC1CCCN(Cc2cc(C(=O)O)oc2C)C1. The van der Waals surface area contributed by atoms with Gasteiger partial charge in [0.2, 0.25) is 5.76 Å². The molecule has 100 valence electrons. The minimum absolute atomic E-state index is 0.0477. The minimum atomic E-state index is -0.991. The van der Waals surface area contributed by atoms with E-state index in [4.69, 9.17) is 9.52 Å². The van der Waals surface area contributed by atoms with Crippen LogP contribution in [-0.4, -0.2) is 29.1 Å². The molecule has 0 spiro atoms. The van der Waals surface area contributed by atoms with Gasteiger partial charge in [0.1, 0.15) is 5.76 Å². The first-order chi connectivity index (χ1) is 8.60. The predicted octanol–water partition coefficient (Wildman–Crippen LogP) is 2.91. The number of likely N-dealkylation sites (tertiary alicyclic amines) is 1. The van der Waals surface area contributed by atoms with E-state index in [0.717, 1.165) is 36.9 Å². The number of carboxylic acid groups (broad SMARTS) is 1. The highest BCUT2D eigenvalue weighted by atomic mass is 16.4. The van der Waals surface area contributed by atoms with Gasteiger partial charge in [0.05, 0.1) is 0 Å². The Kier molecular flexibility index (Phi) is 4.07. The number of aromatic carboxylic acids is 1. The molecule has 4 heteroatoms. The smallest absolute Gasteiger partial charge is 0.371 e.